The molecule has 0 aromatic carbocycles. The first-order valence-corrected chi connectivity index (χ1v) is 6.30. The van der Waals surface area contributed by atoms with E-state index in [9.17, 15) is 4.79 Å². The van der Waals surface area contributed by atoms with Crippen LogP contribution >= 0.6 is 11.3 Å². The maximum absolute atomic E-state index is 11.7. The summed E-state index contributed by atoms with van der Waals surface area (Å²) in [6, 6.07) is -0.0113. The first-order valence-electron chi connectivity index (χ1n) is 5.42. The highest BCUT2D eigenvalue weighted by Gasteiger charge is 2.20. The largest absolute Gasteiger partial charge is 0.347 e. The Balaban J connectivity index is 2.61. The van der Waals surface area contributed by atoms with Gasteiger partial charge in [-0.05, 0) is 13.3 Å². The van der Waals surface area contributed by atoms with Crippen LogP contribution in [0.4, 0.5) is 0 Å². The number of aromatic nitrogens is 1. The highest BCUT2D eigenvalue weighted by Crippen LogP contribution is 2.19. The van der Waals surface area contributed by atoms with Crippen molar-refractivity contribution in [3.05, 3.63) is 16.6 Å². The topological polar surface area (TPSA) is 45.2 Å². The van der Waals surface area contributed by atoms with Crippen molar-refractivity contribution in [1.29, 1.82) is 0 Å². The summed E-state index contributed by atoms with van der Waals surface area (Å²) < 4.78 is 0. The van der Waals surface area contributed by atoms with Gasteiger partial charge < -0.3 is 4.90 Å². The molecule has 0 spiro atoms. The van der Waals surface area contributed by atoms with Crippen LogP contribution in [0.5, 0.6) is 0 Å². The highest BCUT2D eigenvalue weighted by atomic mass is 32.1. The molecule has 0 saturated carbocycles. The van der Waals surface area contributed by atoms with Gasteiger partial charge in [0.25, 0.3) is 0 Å². The van der Waals surface area contributed by atoms with Gasteiger partial charge in [-0.25, -0.2) is 4.98 Å². The molecule has 0 radical (unpaired) electrons. The average Bonchev–Trinajstić information content (AvgIpc) is 2.77. The lowest BCUT2D eigenvalue weighted by Gasteiger charge is -2.22. The second kappa shape index (κ2) is 5.96. The zero-order valence-electron chi connectivity index (χ0n) is 10.2. The van der Waals surface area contributed by atoms with Crippen molar-refractivity contribution in [3.63, 3.8) is 0 Å². The third-order valence-electron chi connectivity index (χ3n) is 2.42. The minimum absolute atomic E-state index is 0.0926. The number of rotatable bonds is 5. The number of amides is 1. The molecular formula is C11H19N3OS. The van der Waals surface area contributed by atoms with Crippen LogP contribution in [0.3, 0.4) is 0 Å². The van der Waals surface area contributed by atoms with E-state index in [1.165, 1.54) is 0 Å². The van der Waals surface area contributed by atoms with Gasteiger partial charge in [-0.1, -0.05) is 6.92 Å². The average molecular weight is 241 g/mol. The molecule has 1 aromatic heterocycles. The van der Waals surface area contributed by atoms with Gasteiger partial charge in [0.15, 0.2) is 0 Å². The molecule has 1 heterocycles. The van der Waals surface area contributed by atoms with Gasteiger partial charge in [0.05, 0.1) is 12.1 Å². The van der Waals surface area contributed by atoms with Crippen LogP contribution in [0.25, 0.3) is 0 Å². The molecule has 4 nitrogen and oxygen atoms in total. The maximum atomic E-state index is 11.7. The summed E-state index contributed by atoms with van der Waals surface area (Å²) in [6.45, 7) is 3.98. The van der Waals surface area contributed by atoms with E-state index >= 15 is 0 Å². The van der Waals surface area contributed by atoms with Crippen molar-refractivity contribution < 1.29 is 4.79 Å². The van der Waals surface area contributed by atoms with Crippen molar-refractivity contribution in [2.45, 2.75) is 32.4 Å². The number of thiazole rings is 1. The molecule has 2 atom stereocenters. The normalized spacial score (nSPS) is 14.5. The predicted molar refractivity (Wildman–Crippen MR) is 66.4 cm³/mol. The van der Waals surface area contributed by atoms with E-state index in [0.717, 1.165) is 11.4 Å². The first kappa shape index (κ1) is 13.1. The third kappa shape index (κ3) is 3.28. The third-order valence-corrected chi connectivity index (χ3v) is 3.31. The summed E-state index contributed by atoms with van der Waals surface area (Å²) in [5.74, 6) is 0.0926. The van der Waals surface area contributed by atoms with Crippen molar-refractivity contribution in [3.8, 4) is 0 Å². The Kier molecular flexibility index (Phi) is 4.89. The second-order valence-electron chi connectivity index (χ2n) is 3.95. The number of carbonyl (C=O) groups is 1. The lowest BCUT2D eigenvalue weighted by molar-refractivity contribution is -0.130. The second-order valence-corrected chi connectivity index (χ2v) is 4.88. The van der Waals surface area contributed by atoms with Crippen molar-refractivity contribution in [2.24, 2.45) is 0 Å². The van der Waals surface area contributed by atoms with Crippen LogP contribution in [-0.2, 0) is 4.79 Å². The molecule has 1 aromatic rings. The van der Waals surface area contributed by atoms with Crippen LogP contribution in [0.15, 0.2) is 11.6 Å². The molecule has 2 unspecified atom stereocenters. The Labute approximate surface area is 101 Å². The number of nitrogens with zero attached hydrogens (tertiary/aromatic N) is 2. The fourth-order valence-corrected chi connectivity index (χ4v) is 2.31. The number of nitrogens with one attached hydrogen (secondary N) is 1. The van der Waals surface area contributed by atoms with E-state index < -0.39 is 0 Å². The van der Waals surface area contributed by atoms with E-state index in [1.807, 2.05) is 12.3 Å². The summed E-state index contributed by atoms with van der Waals surface area (Å²) >= 11 is 1.62. The summed E-state index contributed by atoms with van der Waals surface area (Å²) in [7, 11) is 3.54. The van der Waals surface area contributed by atoms with Crippen LogP contribution in [-0.4, -0.2) is 35.9 Å². The highest BCUT2D eigenvalue weighted by molar-refractivity contribution is 7.09. The molecular weight excluding hydrogens is 222 g/mol. The summed E-state index contributed by atoms with van der Waals surface area (Å²) in [5.41, 5.74) is 0. The number of carbonyl (C=O) groups excluding carboxylic acids is 1. The molecule has 0 aliphatic rings. The molecule has 1 N–H and O–H groups in total. The van der Waals surface area contributed by atoms with Crippen molar-refractivity contribution in [2.75, 3.05) is 14.1 Å². The molecule has 0 fully saturated rings. The van der Waals surface area contributed by atoms with Gasteiger partial charge >= 0.3 is 0 Å². The monoisotopic (exact) mass is 241 g/mol. The van der Waals surface area contributed by atoms with Crippen LogP contribution < -0.4 is 5.32 Å². The number of hydrogen-bond acceptors (Lipinski definition) is 4. The van der Waals surface area contributed by atoms with Crippen LogP contribution in [0.2, 0.25) is 0 Å². The summed E-state index contributed by atoms with van der Waals surface area (Å²) in [5, 5.41) is 6.31. The molecule has 0 aliphatic carbocycles. The van der Waals surface area contributed by atoms with Crippen molar-refractivity contribution >= 4 is 17.2 Å². The van der Waals surface area contributed by atoms with E-state index in [2.05, 4.69) is 17.2 Å². The lowest BCUT2D eigenvalue weighted by Crippen LogP contribution is -2.42. The smallest absolute Gasteiger partial charge is 0.238 e. The quantitative estimate of drug-likeness (QED) is 0.852. The molecule has 16 heavy (non-hydrogen) atoms. The Hall–Kier alpha value is -0.940. The Morgan fingerprint density at radius 3 is 2.75 bits per heavy atom. The van der Waals surface area contributed by atoms with E-state index in [0.29, 0.717) is 0 Å². The number of likely N-dealkylation sites (N-methyl/N-ethyl adjacent to an activating group) is 1. The standard InChI is InChI=1S/C11H19N3OS/c1-5-9(10-12-6-7-16-10)13-8(2)11(15)14(3)4/h6-9,13H,5H2,1-4H3. The van der Waals surface area contributed by atoms with E-state index in [4.69, 9.17) is 0 Å². The SMILES string of the molecule is CCC(NC(C)C(=O)N(C)C)c1nccs1. The zero-order chi connectivity index (χ0) is 12.1. The number of hydrogen-bond donors (Lipinski definition) is 1. The Morgan fingerprint density at radius 1 is 1.62 bits per heavy atom. The van der Waals surface area contributed by atoms with Crippen molar-refractivity contribution in [1.82, 2.24) is 15.2 Å². The zero-order valence-corrected chi connectivity index (χ0v) is 11.0. The molecule has 0 saturated heterocycles. The predicted octanol–water partition coefficient (Wildman–Crippen LogP) is 1.66. The molecule has 1 amide bonds. The van der Waals surface area contributed by atoms with E-state index in [1.54, 1.807) is 36.5 Å². The summed E-state index contributed by atoms with van der Waals surface area (Å²) in [4.78, 5) is 17.6. The molecule has 0 aliphatic heterocycles. The van der Waals surface area contributed by atoms with Crippen LogP contribution in [0, 0.1) is 0 Å². The maximum Gasteiger partial charge on any atom is 0.238 e. The van der Waals surface area contributed by atoms with Gasteiger partial charge in [-0.3, -0.25) is 10.1 Å². The first-order chi connectivity index (χ1) is 7.56. The molecule has 1 rings (SSSR count). The Bertz CT molecular complexity index is 324. The fourth-order valence-electron chi connectivity index (χ4n) is 1.53. The van der Waals surface area contributed by atoms with Gasteiger partial charge in [0.2, 0.25) is 5.91 Å². The molecule has 90 valence electrons. The summed E-state index contributed by atoms with van der Waals surface area (Å²) in [6.07, 6.45) is 2.72. The fraction of sp³-hybridized carbons (Fsp3) is 0.636. The van der Waals surface area contributed by atoms with Crippen LogP contribution in [0.1, 0.15) is 31.3 Å². The van der Waals surface area contributed by atoms with Gasteiger partial charge in [-0.15, -0.1) is 11.3 Å². The lowest BCUT2D eigenvalue weighted by atomic mass is 10.2. The Morgan fingerprint density at radius 2 is 2.31 bits per heavy atom. The van der Waals surface area contributed by atoms with Gasteiger partial charge in [0.1, 0.15) is 5.01 Å². The van der Waals surface area contributed by atoms with E-state index in [-0.39, 0.29) is 18.0 Å². The minimum Gasteiger partial charge on any atom is -0.347 e. The molecule has 5 heteroatoms. The van der Waals surface area contributed by atoms with Gasteiger partial charge in [-0.2, -0.15) is 0 Å². The minimum atomic E-state index is -0.177. The molecule has 0 bridgehead atoms. The van der Waals surface area contributed by atoms with Gasteiger partial charge in [0, 0.05) is 25.7 Å².